The first-order valence-corrected chi connectivity index (χ1v) is 8.15. The maximum Gasteiger partial charge on any atom is 0.280 e. The molecule has 6 nitrogen and oxygen atoms in total. The lowest BCUT2D eigenvalue weighted by molar-refractivity contribution is 0.0939. The molecule has 2 aromatic rings. The lowest BCUT2D eigenvalue weighted by Gasteiger charge is -2.08. The standard InChI is InChI=1S/C12H15N5OS2/c1-6(10-16-17-12(13)20-10)14-9(18)11-15-7-4-2-3-5-8(7)19-11/h6H,2-5H2,1H3,(H2,13,17)(H,14,18)/t6-/m0/s1. The molecule has 1 aliphatic carbocycles. The predicted molar refractivity (Wildman–Crippen MR) is 79.0 cm³/mol. The highest BCUT2D eigenvalue weighted by molar-refractivity contribution is 7.15. The average molecular weight is 309 g/mol. The van der Waals surface area contributed by atoms with Crippen molar-refractivity contribution < 1.29 is 4.79 Å². The minimum atomic E-state index is -0.210. The van der Waals surface area contributed by atoms with Crippen molar-refractivity contribution in [3.8, 4) is 0 Å². The monoisotopic (exact) mass is 309 g/mol. The molecule has 0 fully saturated rings. The summed E-state index contributed by atoms with van der Waals surface area (Å²) in [6, 6.07) is -0.210. The Morgan fingerprint density at radius 1 is 1.30 bits per heavy atom. The van der Waals surface area contributed by atoms with Crippen molar-refractivity contribution in [2.75, 3.05) is 5.73 Å². The number of nitrogens with one attached hydrogen (secondary N) is 1. The molecule has 2 heterocycles. The van der Waals surface area contributed by atoms with E-state index >= 15 is 0 Å². The van der Waals surface area contributed by atoms with E-state index in [-0.39, 0.29) is 11.9 Å². The number of amides is 1. The first-order valence-electron chi connectivity index (χ1n) is 6.52. The smallest absolute Gasteiger partial charge is 0.280 e. The van der Waals surface area contributed by atoms with Crippen LogP contribution in [0.15, 0.2) is 0 Å². The third kappa shape index (κ3) is 2.66. The van der Waals surface area contributed by atoms with Crippen LogP contribution in [0.5, 0.6) is 0 Å². The van der Waals surface area contributed by atoms with E-state index in [4.69, 9.17) is 5.73 Å². The number of fused-ring (bicyclic) bond motifs is 1. The number of hydrogen-bond donors (Lipinski definition) is 2. The van der Waals surface area contributed by atoms with Crippen molar-refractivity contribution >= 4 is 33.7 Å². The summed E-state index contributed by atoms with van der Waals surface area (Å²) in [5.74, 6) is -0.148. The Morgan fingerprint density at radius 3 is 2.80 bits per heavy atom. The van der Waals surface area contributed by atoms with Crippen LogP contribution >= 0.6 is 22.7 Å². The van der Waals surface area contributed by atoms with Gasteiger partial charge in [0.05, 0.1) is 11.7 Å². The molecule has 0 spiro atoms. The summed E-state index contributed by atoms with van der Waals surface area (Å²) in [7, 11) is 0. The topological polar surface area (TPSA) is 93.8 Å². The summed E-state index contributed by atoms with van der Waals surface area (Å²) < 4.78 is 0. The fourth-order valence-electron chi connectivity index (χ4n) is 2.19. The van der Waals surface area contributed by atoms with Crippen LogP contribution in [0.1, 0.15) is 51.2 Å². The van der Waals surface area contributed by atoms with Crippen molar-refractivity contribution in [1.29, 1.82) is 0 Å². The van der Waals surface area contributed by atoms with Gasteiger partial charge in [0, 0.05) is 4.88 Å². The fourth-order valence-corrected chi connectivity index (χ4v) is 3.86. The van der Waals surface area contributed by atoms with E-state index in [1.807, 2.05) is 6.92 Å². The van der Waals surface area contributed by atoms with Gasteiger partial charge in [-0.25, -0.2) is 4.98 Å². The lowest BCUT2D eigenvalue weighted by Crippen LogP contribution is -2.26. The molecule has 1 aliphatic rings. The minimum absolute atomic E-state index is 0.148. The molecule has 0 saturated carbocycles. The van der Waals surface area contributed by atoms with Gasteiger partial charge in [0.2, 0.25) is 5.13 Å². The number of nitrogens with two attached hydrogens (primary N) is 1. The van der Waals surface area contributed by atoms with Gasteiger partial charge in [-0.05, 0) is 32.6 Å². The van der Waals surface area contributed by atoms with Crippen molar-refractivity contribution in [3.05, 3.63) is 20.6 Å². The summed E-state index contributed by atoms with van der Waals surface area (Å²) in [6.45, 7) is 1.87. The van der Waals surface area contributed by atoms with Gasteiger partial charge in [-0.3, -0.25) is 4.79 Å². The largest absolute Gasteiger partial charge is 0.374 e. The predicted octanol–water partition coefficient (Wildman–Crippen LogP) is 1.95. The fraction of sp³-hybridized carbons (Fsp3) is 0.500. The number of aryl methyl sites for hydroxylation is 2. The van der Waals surface area contributed by atoms with Gasteiger partial charge in [0.15, 0.2) is 5.01 Å². The van der Waals surface area contributed by atoms with Gasteiger partial charge < -0.3 is 11.1 Å². The van der Waals surface area contributed by atoms with Crippen LogP contribution in [0, 0.1) is 0 Å². The molecule has 0 bridgehead atoms. The molecule has 0 unspecified atom stereocenters. The second-order valence-electron chi connectivity index (χ2n) is 4.77. The third-order valence-corrected chi connectivity index (χ3v) is 5.31. The van der Waals surface area contributed by atoms with E-state index in [9.17, 15) is 4.79 Å². The molecule has 8 heteroatoms. The quantitative estimate of drug-likeness (QED) is 0.903. The molecule has 106 valence electrons. The molecule has 3 N–H and O–H groups in total. The number of rotatable bonds is 3. The Morgan fingerprint density at radius 2 is 2.10 bits per heavy atom. The molecule has 1 amide bonds. The van der Waals surface area contributed by atoms with Gasteiger partial charge in [-0.1, -0.05) is 11.3 Å². The van der Waals surface area contributed by atoms with Gasteiger partial charge >= 0.3 is 0 Å². The van der Waals surface area contributed by atoms with E-state index in [0.29, 0.717) is 15.1 Å². The summed E-state index contributed by atoms with van der Waals surface area (Å²) >= 11 is 2.79. The van der Waals surface area contributed by atoms with E-state index in [0.717, 1.165) is 25.0 Å². The van der Waals surface area contributed by atoms with E-state index in [2.05, 4.69) is 20.5 Å². The highest BCUT2D eigenvalue weighted by Crippen LogP contribution is 2.27. The number of carbonyl (C=O) groups excluding carboxylic acids is 1. The maximum atomic E-state index is 12.2. The van der Waals surface area contributed by atoms with Crippen LogP contribution in [-0.4, -0.2) is 21.1 Å². The van der Waals surface area contributed by atoms with Crippen LogP contribution in [0.25, 0.3) is 0 Å². The second kappa shape index (κ2) is 5.45. The Hall–Kier alpha value is -1.54. The van der Waals surface area contributed by atoms with Gasteiger partial charge in [-0.2, -0.15) is 0 Å². The van der Waals surface area contributed by atoms with Crippen molar-refractivity contribution in [1.82, 2.24) is 20.5 Å². The molecule has 0 aromatic carbocycles. The van der Waals surface area contributed by atoms with Crippen LogP contribution in [-0.2, 0) is 12.8 Å². The van der Waals surface area contributed by atoms with Crippen LogP contribution in [0.4, 0.5) is 5.13 Å². The minimum Gasteiger partial charge on any atom is -0.374 e. The zero-order valence-corrected chi connectivity index (χ0v) is 12.7. The molecule has 2 aromatic heterocycles. The van der Waals surface area contributed by atoms with Gasteiger partial charge in [-0.15, -0.1) is 21.5 Å². The molecule has 1 atom stereocenters. The normalized spacial score (nSPS) is 15.7. The first-order chi connectivity index (χ1) is 9.63. The Labute approximate surface area is 124 Å². The Kier molecular flexibility index (Phi) is 3.66. The Balaban J connectivity index is 1.71. The molecule has 20 heavy (non-hydrogen) atoms. The lowest BCUT2D eigenvalue weighted by atomic mass is 10.0. The molecule has 0 saturated heterocycles. The number of nitrogens with zero attached hydrogens (tertiary/aromatic N) is 3. The summed E-state index contributed by atoms with van der Waals surface area (Å²) in [5, 5.41) is 12.2. The van der Waals surface area contributed by atoms with E-state index in [1.54, 1.807) is 0 Å². The average Bonchev–Trinajstić information content (AvgIpc) is 3.04. The highest BCUT2D eigenvalue weighted by Gasteiger charge is 2.21. The molecule has 0 aliphatic heterocycles. The zero-order chi connectivity index (χ0) is 14.1. The van der Waals surface area contributed by atoms with Gasteiger partial charge in [0.1, 0.15) is 5.01 Å². The maximum absolute atomic E-state index is 12.2. The van der Waals surface area contributed by atoms with Crippen molar-refractivity contribution in [2.24, 2.45) is 0 Å². The molecule has 0 radical (unpaired) electrons. The Bertz CT molecular complexity index is 612. The third-order valence-electron chi connectivity index (χ3n) is 3.21. The van der Waals surface area contributed by atoms with Crippen LogP contribution in [0.2, 0.25) is 0 Å². The van der Waals surface area contributed by atoms with Gasteiger partial charge in [0.25, 0.3) is 5.91 Å². The first kappa shape index (κ1) is 13.4. The molecule has 3 rings (SSSR count). The highest BCUT2D eigenvalue weighted by atomic mass is 32.1. The molecular formula is C12H15N5OS2. The van der Waals surface area contributed by atoms with Crippen molar-refractivity contribution in [3.63, 3.8) is 0 Å². The van der Waals surface area contributed by atoms with Crippen LogP contribution < -0.4 is 11.1 Å². The number of aromatic nitrogens is 3. The number of hydrogen-bond acceptors (Lipinski definition) is 7. The number of carbonyl (C=O) groups is 1. The summed E-state index contributed by atoms with van der Waals surface area (Å²) in [6.07, 6.45) is 4.39. The number of nitrogen functional groups attached to an aromatic ring is 1. The van der Waals surface area contributed by atoms with Crippen LogP contribution in [0.3, 0.4) is 0 Å². The second-order valence-corrected chi connectivity index (χ2v) is 6.89. The summed E-state index contributed by atoms with van der Waals surface area (Å²) in [4.78, 5) is 17.9. The SMILES string of the molecule is C[C@H](NC(=O)c1nc2c(s1)CCCC2)c1nnc(N)s1. The molecular weight excluding hydrogens is 294 g/mol. The number of anilines is 1. The zero-order valence-electron chi connectivity index (χ0n) is 11.0. The number of thiazole rings is 1. The van der Waals surface area contributed by atoms with Crippen molar-refractivity contribution in [2.45, 2.75) is 38.6 Å². The van der Waals surface area contributed by atoms with E-state index < -0.39 is 0 Å². The summed E-state index contributed by atoms with van der Waals surface area (Å²) in [5.41, 5.74) is 6.64. The van der Waals surface area contributed by atoms with E-state index in [1.165, 1.54) is 34.0 Å².